The van der Waals surface area contributed by atoms with E-state index in [9.17, 15) is 4.79 Å². The maximum absolute atomic E-state index is 10.9. The fraction of sp³-hybridized carbons (Fsp3) is 0.875. The van der Waals surface area contributed by atoms with E-state index in [1.165, 1.54) is 0 Å². The standard InChI is InChI=1S/C8H16N2O2Si/c1-8(7(11)12)5-6(9-10-8)13(2,3)4/h6H,5H2,1-4H3,(H,11,12). The Labute approximate surface area is 79.1 Å². The molecule has 4 nitrogen and oxygen atoms in total. The van der Waals surface area contributed by atoms with Gasteiger partial charge in [-0.2, -0.15) is 10.2 Å². The van der Waals surface area contributed by atoms with E-state index in [1.807, 2.05) is 0 Å². The van der Waals surface area contributed by atoms with Crippen molar-refractivity contribution in [3.63, 3.8) is 0 Å². The van der Waals surface area contributed by atoms with Crippen molar-refractivity contribution in [3.05, 3.63) is 0 Å². The summed E-state index contributed by atoms with van der Waals surface area (Å²) in [7, 11) is -1.38. The van der Waals surface area contributed by atoms with Crippen LogP contribution in [0.4, 0.5) is 0 Å². The molecule has 0 aliphatic carbocycles. The quantitative estimate of drug-likeness (QED) is 0.692. The van der Waals surface area contributed by atoms with Crippen molar-refractivity contribution >= 4 is 14.0 Å². The third-order valence-corrected chi connectivity index (χ3v) is 4.79. The van der Waals surface area contributed by atoms with Gasteiger partial charge in [0.1, 0.15) is 0 Å². The topological polar surface area (TPSA) is 62.0 Å². The number of hydrogen-bond donors (Lipinski definition) is 1. The predicted octanol–water partition coefficient (Wildman–Crippen LogP) is 1.93. The summed E-state index contributed by atoms with van der Waals surface area (Å²) in [4.78, 5) is 10.9. The van der Waals surface area contributed by atoms with Crippen LogP contribution in [0.3, 0.4) is 0 Å². The van der Waals surface area contributed by atoms with Crippen molar-refractivity contribution in [2.75, 3.05) is 0 Å². The molecule has 1 rings (SSSR count). The molecule has 1 aliphatic rings. The zero-order valence-corrected chi connectivity index (χ0v) is 9.53. The summed E-state index contributed by atoms with van der Waals surface area (Å²) in [6.07, 6.45) is 0.568. The van der Waals surface area contributed by atoms with E-state index in [1.54, 1.807) is 6.92 Å². The average Bonchev–Trinajstić information content (AvgIpc) is 2.31. The van der Waals surface area contributed by atoms with Crippen LogP contribution in [0.2, 0.25) is 19.6 Å². The highest BCUT2D eigenvalue weighted by atomic mass is 28.3. The lowest BCUT2D eigenvalue weighted by atomic mass is 10.0. The van der Waals surface area contributed by atoms with Gasteiger partial charge in [-0.05, 0) is 6.92 Å². The fourth-order valence-corrected chi connectivity index (χ4v) is 2.68. The molecule has 2 unspecified atom stereocenters. The molecule has 0 spiro atoms. The molecule has 0 aromatic rings. The molecule has 1 heterocycles. The molecule has 0 radical (unpaired) electrons. The van der Waals surface area contributed by atoms with Crippen LogP contribution in [-0.4, -0.2) is 30.4 Å². The number of carboxylic acid groups (broad SMARTS) is 1. The Balaban J connectivity index is 2.77. The third-order valence-electron chi connectivity index (χ3n) is 2.47. The van der Waals surface area contributed by atoms with Crippen LogP contribution in [0.25, 0.3) is 0 Å². The zero-order chi connectivity index (χ0) is 10.3. The van der Waals surface area contributed by atoms with E-state index in [0.29, 0.717) is 6.42 Å². The minimum atomic E-state index is -1.38. The Morgan fingerprint density at radius 3 is 2.31 bits per heavy atom. The van der Waals surface area contributed by atoms with E-state index in [2.05, 4.69) is 29.9 Å². The maximum atomic E-state index is 10.9. The van der Waals surface area contributed by atoms with Gasteiger partial charge >= 0.3 is 5.97 Å². The molecule has 1 aliphatic heterocycles. The number of aliphatic carboxylic acids is 1. The molecule has 0 saturated carbocycles. The molecule has 0 fully saturated rings. The third kappa shape index (κ3) is 1.96. The van der Waals surface area contributed by atoms with Crippen LogP contribution in [0.15, 0.2) is 10.2 Å². The second-order valence-electron chi connectivity index (χ2n) is 4.88. The van der Waals surface area contributed by atoms with E-state index in [4.69, 9.17) is 5.11 Å². The summed E-state index contributed by atoms with van der Waals surface area (Å²) in [5.41, 5.74) is -0.807. The molecular formula is C8H16N2O2Si. The van der Waals surface area contributed by atoms with Crippen molar-refractivity contribution in [2.24, 2.45) is 10.2 Å². The SMILES string of the molecule is CC1(C(=O)O)CC([Si](C)(C)C)N=N1. The van der Waals surface area contributed by atoms with Gasteiger partial charge in [0.2, 0.25) is 0 Å². The van der Waals surface area contributed by atoms with Crippen LogP contribution >= 0.6 is 0 Å². The highest BCUT2D eigenvalue weighted by Gasteiger charge is 2.44. The van der Waals surface area contributed by atoms with Gasteiger partial charge in [0.05, 0.1) is 13.7 Å². The van der Waals surface area contributed by atoms with Crippen molar-refractivity contribution in [1.29, 1.82) is 0 Å². The summed E-state index contributed by atoms with van der Waals surface area (Å²) in [6.45, 7) is 8.19. The lowest BCUT2D eigenvalue weighted by Crippen LogP contribution is -2.40. The Morgan fingerprint density at radius 2 is 2.08 bits per heavy atom. The number of hydrogen-bond acceptors (Lipinski definition) is 3. The van der Waals surface area contributed by atoms with Gasteiger partial charge in [0.25, 0.3) is 0 Å². The number of nitrogens with zero attached hydrogens (tertiary/aromatic N) is 2. The minimum absolute atomic E-state index is 0.161. The summed E-state index contributed by atoms with van der Waals surface area (Å²) in [5.74, 6) is -0.864. The summed E-state index contributed by atoms with van der Waals surface area (Å²) >= 11 is 0. The van der Waals surface area contributed by atoms with Gasteiger partial charge in [0.15, 0.2) is 5.54 Å². The Bertz CT molecular complexity index is 259. The molecule has 0 aromatic heterocycles. The molecule has 2 atom stereocenters. The van der Waals surface area contributed by atoms with E-state index >= 15 is 0 Å². The second-order valence-corrected chi connectivity index (χ2v) is 10.3. The second kappa shape index (κ2) is 2.90. The number of carbonyl (C=O) groups is 1. The monoisotopic (exact) mass is 200 g/mol. The zero-order valence-electron chi connectivity index (χ0n) is 8.53. The van der Waals surface area contributed by atoms with Crippen LogP contribution in [0.5, 0.6) is 0 Å². The van der Waals surface area contributed by atoms with Gasteiger partial charge in [-0.3, -0.25) is 0 Å². The first-order valence-electron chi connectivity index (χ1n) is 4.41. The number of carboxylic acids is 1. The summed E-state index contributed by atoms with van der Waals surface area (Å²) in [6, 6.07) is 0. The number of rotatable bonds is 2. The highest BCUT2D eigenvalue weighted by molar-refractivity contribution is 6.77. The van der Waals surface area contributed by atoms with Gasteiger partial charge in [-0.25, -0.2) is 4.79 Å². The summed E-state index contributed by atoms with van der Waals surface area (Å²) in [5, 5.41) is 16.9. The molecule has 0 saturated heterocycles. The Kier molecular flexibility index (Phi) is 2.31. The average molecular weight is 200 g/mol. The Morgan fingerprint density at radius 1 is 1.54 bits per heavy atom. The van der Waals surface area contributed by atoms with Gasteiger partial charge < -0.3 is 5.11 Å². The molecule has 74 valence electrons. The smallest absolute Gasteiger partial charge is 0.333 e. The maximum Gasteiger partial charge on any atom is 0.333 e. The van der Waals surface area contributed by atoms with E-state index in [-0.39, 0.29) is 5.67 Å². The van der Waals surface area contributed by atoms with Crippen molar-refractivity contribution in [2.45, 2.75) is 44.2 Å². The lowest BCUT2D eigenvalue weighted by molar-refractivity contribution is -0.142. The first kappa shape index (κ1) is 10.4. The van der Waals surface area contributed by atoms with Crippen LogP contribution in [0.1, 0.15) is 13.3 Å². The van der Waals surface area contributed by atoms with E-state index < -0.39 is 19.6 Å². The highest BCUT2D eigenvalue weighted by Crippen LogP contribution is 2.32. The fourth-order valence-electron chi connectivity index (χ4n) is 1.26. The predicted molar refractivity (Wildman–Crippen MR) is 52.6 cm³/mol. The number of azo groups is 1. The molecule has 5 heteroatoms. The van der Waals surface area contributed by atoms with Crippen LogP contribution in [0, 0.1) is 0 Å². The molecule has 1 N–H and O–H groups in total. The summed E-state index contributed by atoms with van der Waals surface area (Å²) < 4.78 is 0. The van der Waals surface area contributed by atoms with Gasteiger partial charge in [-0.15, -0.1) is 0 Å². The van der Waals surface area contributed by atoms with Crippen molar-refractivity contribution in [3.8, 4) is 0 Å². The molecule has 0 aromatic carbocycles. The van der Waals surface area contributed by atoms with E-state index in [0.717, 1.165) is 0 Å². The molecule has 0 amide bonds. The minimum Gasteiger partial charge on any atom is -0.479 e. The first-order chi connectivity index (χ1) is 5.76. The molecule has 0 bridgehead atoms. The van der Waals surface area contributed by atoms with Crippen molar-refractivity contribution in [1.82, 2.24) is 0 Å². The van der Waals surface area contributed by atoms with Crippen molar-refractivity contribution < 1.29 is 9.90 Å². The Hall–Kier alpha value is -0.713. The lowest BCUT2D eigenvalue weighted by Gasteiger charge is -2.22. The van der Waals surface area contributed by atoms with Gasteiger partial charge in [0, 0.05) is 6.42 Å². The molecule has 13 heavy (non-hydrogen) atoms. The molecular weight excluding hydrogens is 184 g/mol. The first-order valence-corrected chi connectivity index (χ1v) is 7.99. The van der Waals surface area contributed by atoms with Gasteiger partial charge in [-0.1, -0.05) is 19.6 Å². The normalized spacial score (nSPS) is 33.7. The largest absolute Gasteiger partial charge is 0.479 e. The van der Waals surface area contributed by atoms with Crippen LogP contribution < -0.4 is 0 Å². The van der Waals surface area contributed by atoms with Crippen LogP contribution in [-0.2, 0) is 4.79 Å².